The summed E-state index contributed by atoms with van der Waals surface area (Å²) < 4.78 is 0. The minimum Gasteiger partial charge on any atom is -0.341 e. The molecular weight excluding hydrogens is 552 g/mol. The zero-order valence-electron chi connectivity index (χ0n) is 24.8. The summed E-state index contributed by atoms with van der Waals surface area (Å²) in [7, 11) is 1.90. The molecule has 6 heteroatoms. The number of benzene rings is 4. The molecule has 1 unspecified atom stereocenters. The van der Waals surface area contributed by atoms with Gasteiger partial charge in [0, 0.05) is 24.9 Å². The number of fused-ring (bicyclic) bond motifs is 3. The molecule has 3 amide bonds. The molecule has 1 N–H and O–H groups in total. The van der Waals surface area contributed by atoms with Gasteiger partial charge < -0.3 is 4.90 Å². The van der Waals surface area contributed by atoms with Gasteiger partial charge >= 0.3 is 0 Å². The fraction of sp³-hybridized carbons (Fsp3) is 0.270. The van der Waals surface area contributed by atoms with Gasteiger partial charge in [-0.25, -0.2) is 0 Å². The van der Waals surface area contributed by atoms with Crippen LogP contribution >= 0.6 is 11.8 Å². The Hall–Kier alpha value is -4.16. The third-order valence-electron chi connectivity index (χ3n) is 8.77. The molecule has 1 fully saturated rings. The number of carbonyl (C=O) groups is 3. The van der Waals surface area contributed by atoms with Crippen LogP contribution in [0.1, 0.15) is 54.9 Å². The van der Waals surface area contributed by atoms with Crippen molar-refractivity contribution in [3.05, 3.63) is 119 Å². The molecule has 0 radical (unpaired) electrons. The number of rotatable bonds is 9. The zero-order chi connectivity index (χ0) is 30.1. The lowest BCUT2D eigenvalue weighted by Crippen LogP contribution is -2.38. The Bertz CT molecular complexity index is 1650. The number of thioether (sulfide) groups is 1. The molecule has 43 heavy (non-hydrogen) atoms. The molecule has 4 aromatic rings. The first kappa shape index (κ1) is 28.9. The van der Waals surface area contributed by atoms with E-state index in [0.29, 0.717) is 18.9 Å². The minimum atomic E-state index is -0.492. The largest absolute Gasteiger partial charge is 0.341 e. The molecular formula is C37H36N2O3S. The third kappa shape index (κ3) is 6.02. The van der Waals surface area contributed by atoms with Gasteiger partial charge in [0.15, 0.2) is 0 Å². The van der Waals surface area contributed by atoms with E-state index in [1.165, 1.54) is 22.3 Å². The first-order valence-corrected chi connectivity index (χ1v) is 15.7. The summed E-state index contributed by atoms with van der Waals surface area (Å²) in [5.74, 6) is 0.237. The van der Waals surface area contributed by atoms with Crippen molar-refractivity contribution in [3.63, 3.8) is 0 Å². The van der Waals surface area contributed by atoms with E-state index >= 15 is 0 Å². The second-order valence-corrected chi connectivity index (χ2v) is 13.5. The van der Waals surface area contributed by atoms with E-state index in [1.807, 2.05) is 42.3 Å². The van der Waals surface area contributed by atoms with Gasteiger partial charge in [-0.05, 0) is 69.8 Å². The number of hydrogen-bond acceptors (Lipinski definition) is 4. The van der Waals surface area contributed by atoms with Crippen LogP contribution in [0.4, 0.5) is 4.79 Å². The molecule has 0 saturated carbocycles. The van der Waals surface area contributed by atoms with Crippen molar-refractivity contribution in [1.82, 2.24) is 10.2 Å². The number of nitrogens with zero attached hydrogens (tertiary/aromatic N) is 1. The van der Waals surface area contributed by atoms with Crippen molar-refractivity contribution in [2.24, 2.45) is 5.41 Å². The molecule has 0 aromatic heterocycles. The number of nitrogens with one attached hydrogen (secondary N) is 1. The summed E-state index contributed by atoms with van der Waals surface area (Å²) >= 11 is 1.05. The van der Waals surface area contributed by atoms with E-state index in [-0.39, 0.29) is 22.3 Å². The predicted molar refractivity (Wildman–Crippen MR) is 174 cm³/mol. The molecule has 0 spiro atoms. The van der Waals surface area contributed by atoms with Crippen LogP contribution in [0.15, 0.2) is 97.1 Å². The fourth-order valence-corrected chi connectivity index (χ4v) is 7.33. The number of carbonyl (C=O) groups excluding carboxylic acids is 3. The van der Waals surface area contributed by atoms with Crippen molar-refractivity contribution < 1.29 is 14.4 Å². The van der Waals surface area contributed by atoms with Crippen LogP contribution in [-0.4, -0.2) is 34.3 Å². The highest BCUT2D eigenvalue weighted by atomic mass is 32.2. The Morgan fingerprint density at radius 2 is 1.47 bits per heavy atom. The van der Waals surface area contributed by atoms with Crippen molar-refractivity contribution in [2.75, 3.05) is 7.05 Å². The zero-order valence-corrected chi connectivity index (χ0v) is 25.6. The molecule has 1 saturated heterocycles. The number of amides is 3. The van der Waals surface area contributed by atoms with E-state index in [4.69, 9.17) is 0 Å². The first-order chi connectivity index (χ1) is 20.7. The normalized spacial score (nSPS) is 16.1. The third-order valence-corrected chi connectivity index (χ3v) is 9.75. The summed E-state index contributed by atoms with van der Waals surface area (Å²) in [6, 6.07) is 33.7. The summed E-state index contributed by atoms with van der Waals surface area (Å²) in [5, 5.41) is 1.70. The summed E-state index contributed by atoms with van der Waals surface area (Å²) in [6.45, 7) is 4.67. The van der Waals surface area contributed by atoms with Crippen LogP contribution in [0.2, 0.25) is 0 Å². The van der Waals surface area contributed by atoms with E-state index < -0.39 is 5.41 Å². The highest BCUT2D eigenvalue weighted by molar-refractivity contribution is 8.15. The average molecular weight is 589 g/mol. The maximum Gasteiger partial charge on any atom is 0.286 e. The number of hydrogen-bond donors (Lipinski definition) is 1. The number of imide groups is 1. The fourth-order valence-electron chi connectivity index (χ4n) is 6.47. The Labute approximate surface area is 257 Å². The van der Waals surface area contributed by atoms with Gasteiger partial charge in [-0.15, -0.1) is 0 Å². The monoisotopic (exact) mass is 588 g/mol. The first-order valence-electron chi connectivity index (χ1n) is 14.8. The van der Waals surface area contributed by atoms with E-state index in [9.17, 15) is 14.4 Å². The van der Waals surface area contributed by atoms with E-state index in [2.05, 4.69) is 85.9 Å². The van der Waals surface area contributed by atoms with Gasteiger partial charge in [-0.1, -0.05) is 117 Å². The molecule has 1 aliphatic heterocycles. The van der Waals surface area contributed by atoms with Gasteiger partial charge in [0.05, 0.1) is 5.25 Å². The minimum absolute atomic E-state index is 0.147. The van der Waals surface area contributed by atoms with Crippen LogP contribution in [0, 0.1) is 5.41 Å². The quantitative estimate of drug-likeness (QED) is 0.216. The maximum atomic E-state index is 13.7. The Morgan fingerprint density at radius 1 is 0.814 bits per heavy atom. The standard InChI is InChI=1S/C37H36N2O3S/c1-37(2,20-19-32-30-13-6-4-11-28(30)29-12-5-7-14-31(29)32)35(41)39(3)23-25-9-8-10-27(21-25)26-17-15-24(16-18-26)22-33-34(40)38-36(42)43-33/h4-18,21,32-33H,19-20,22-23H2,1-3H3,(H,38,40,42). The van der Waals surface area contributed by atoms with E-state index in [1.54, 1.807) is 0 Å². The van der Waals surface area contributed by atoms with Gasteiger partial charge in [0.2, 0.25) is 11.8 Å². The van der Waals surface area contributed by atoms with Gasteiger partial charge in [-0.3, -0.25) is 19.7 Å². The second kappa shape index (κ2) is 11.8. The summed E-state index contributed by atoms with van der Waals surface area (Å²) in [5.41, 5.74) is 9.09. The molecule has 4 aromatic carbocycles. The summed E-state index contributed by atoms with van der Waals surface area (Å²) in [4.78, 5) is 39.0. The Morgan fingerprint density at radius 3 is 2.09 bits per heavy atom. The highest BCUT2D eigenvalue weighted by Gasteiger charge is 2.34. The molecule has 0 bridgehead atoms. The summed E-state index contributed by atoms with van der Waals surface area (Å²) in [6.07, 6.45) is 2.24. The lowest BCUT2D eigenvalue weighted by atomic mass is 9.81. The van der Waals surface area contributed by atoms with Gasteiger partial charge in [0.25, 0.3) is 5.24 Å². The molecule has 1 atom stereocenters. The molecule has 218 valence electrons. The lowest BCUT2D eigenvalue weighted by Gasteiger charge is -2.30. The Balaban J connectivity index is 1.09. The predicted octanol–water partition coefficient (Wildman–Crippen LogP) is 7.83. The van der Waals surface area contributed by atoms with Crippen molar-refractivity contribution >= 4 is 28.8 Å². The van der Waals surface area contributed by atoms with Crippen molar-refractivity contribution in [2.45, 2.75) is 50.8 Å². The second-order valence-electron chi connectivity index (χ2n) is 12.3. The van der Waals surface area contributed by atoms with Crippen molar-refractivity contribution in [1.29, 1.82) is 0 Å². The van der Waals surface area contributed by atoms with Crippen molar-refractivity contribution in [3.8, 4) is 22.3 Å². The molecule has 5 nitrogen and oxygen atoms in total. The van der Waals surface area contributed by atoms with E-state index in [0.717, 1.165) is 46.9 Å². The average Bonchev–Trinajstić information content (AvgIpc) is 3.51. The molecule has 2 aliphatic rings. The highest BCUT2D eigenvalue weighted by Crippen LogP contribution is 2.47. The topological polar surface area (TPSA) is 66.5 Å². The lowest BCUT2D eigenvalue weighted by molar-refractivity contribution is -0.140. The van der Waals surface area contributed by atoms with Crippen LogP contribution in [-0.2, 0) is 22.6 Å². The molecule has 1 heterocycles. The van der Waals surface area contributed by atoms with Gasteiger partial charge in [-0.2, -0.15) is 0 Å². The molecule has 1 aliphatic carbocycles. The Kier molecular flexibility index (Phi) is 7.97. The maximum absolute atomic E-state index is 13.7. The molecule has 6 rings (SSSR count). The smallest absolute Gasteiger partial charge is 0.286 e. The van der Waals surface area contributed by atoms with Crippen LogP contribution in [0.3, 0.4) is 0 Å². The van der Waals surface area contributed by atoms with Crippen LogP contribution in [0.25, 0.3) is 22.3 Å². The van der Waals surface area contributed by atoms with Crippen LogP contribution < -0.4 is 5.32 Å². The SMILES string of the molecule is CN(Cc1cccc(-c2ccc(CC3SC(=O)NC3=O)cc2)c1)C(=O)C(C)(C)CCC1c2ccccc2-c2ccccc21. The van der Waals surface area contributed by atoms with Crippen LogP contribution in [0.5, 0.6) is 0 Å². The van der Waals surface area contributed by atoms with Gasteiger partial charge in [0.1, 0.15) is 0 Å².